The molecule has 1 aromatic carbocycles. The smallest absolute Gasteiger partial charge is 0.238 e. The van der Waals surface area contributed by atoms with Gasteiger partial charge in [-0.3, -0.25) is 14.5 Å². The normalized spacial score (nSPS) is 18.1. The molecule has 1 atom stereocenters. The van der Waals surface area contributed by atoms with E-state index >= 15 is 0 Å². The van der Waals surface area contributed by atoms with E-state index in [1.54, 1.807) is 24.3 Å². The number of hydrogen-bond acceptors (Lipinski definition) is 4. The summed E-state index contributed by atoms with van der Waals surface area (Å²) in [5.41, 5.74) is 6.94. The summed E-state index contributed by atoms with van der Waals surface area (Å²) < 4.78 is 0. The summed E-state index contributed by atoms with van der Waals surface area (Å²) in [7, 11) is 0. The van der Waals surface area contributed by atoms with Gasteiger partial charge in [-0.25, -0.2) is 0 Å². The largest absolute Gasteiger partial charge is 0.330 e. The van der Waals surface area contributed by atoms with E-state index in [1.165, 1.54) is 13.3 Å². The maximum absolute atomic E-state index is 12.2. The van der Waals surface area contributed by atoms with Gasteiger partial charge in [0.05, 0.1) is 6.54 Å². The Labute approximate surface area is 144 Å². The minimum atomic E-state index is -0.0374. The number of carbonyl (C=O) groups excluding carboxylic acids is 2. The number of amides is 1. The zero-order valence-electron chi connectivity index (χ0n) is 13.6. The van der Waals surface area contributed by atoms with E-state index in [0.29, 0.717) is 30.4 Å². The number of Topliss-reactive ketones (excluding diaryl/α,β-unsaturated/α-hetero) is 1. The van der Waals surface area contributed by atoms with Gasteiger partial charge >= 0.3 is 0 Å². The Hall–Kier alpha value is -1.43. The molecule has 0 saturated carbocycles. The maximum Gasteiger partial charge on any atom is 0.238 e. The Bertz CT molecular complexity index is 534. The SMILES string of the molecule is CC(=O)c1cccc(NC(=O)CN2CCCCC2CCN)c1.Cl. The number of nitrogens with zero attached hydrogens (tertiary/aromatic N) is 1. The Morgan fingerprint density at radius 1 is 1.35 bits per heavy atom. The molecular formula is C17H26ClN3O2. The summed E-state index contributed by atoms with van der Waals surface area (Å²) in [5, 5.41) is 2.88. The predicted molar refractivity (Wildman–Crippen MR) is 95.2 cm³/mol. The van der Waals surface area contributed by atoms with Gasteiger partial charge in [0.15, 0.2) is 5.78 Å². The molecule has 3 N–H and O–H groups in total. The lowest BCUT2D eigenvalue weighted by Gasteiger charge is -2.35. The molecule has 5 nitrogen and oxygen atoms in total. The number of nitrogens with two attached hydrogens (primary N) is 1. The first-order valence-corrected chi connectivity index (χ1v) is 7.95. The quantitative estimate of drug-likeness (QED) is 0.781. The Morgan fingerprint density at radius 2 is 2.13 bits per heavy atom. The molecule has 1 fully saturated rings. The van der Waals surface area contributed by atoms with Crippen molar-refractivity contribution < 1.29 is 9.59 Å². The van der Waals surface area contributed by atoms with Crippen LogP contribution in [0.5, 0.6) is 0 Å². The molecule has 1 saturated heterocycles. The van der Waals surface area contributed by atoms with Gasteiger partial charge in [0, 0.05) is 17.3 Å². The number of likely N-dealkylation sites (tertiary alicyclic amines) is 1. The molecule has 1 aliphatic rings. The molecule has 23 heavy (non-hydrogen) atoms. The number of carbonyl (C=O) groups is 2. The fraction of sp³-hybridized carbons (Fsp3) is 0.529. The first kappa shape index (κ1) is 19.6. The molecule has 0 spiro atoms. The number of nitrogens with one attached hydrogen (secondary N) is 1. The van der Waals surface area contributed by atoms with E-state index in [9.17, 15) is 9.59 Å². The minimum Gasteiger partial charge on any atom is -0.330 e. The molecule has 1 aliphatic heterocycles. The Morgan fingerprint density at radius 3 is 2.83 bits per heavy atom. The highest BCUT2D eigenvalue weighted by Crippen LogP contribution is 2.19. The minimum absolute atomic E-state index is 0. The number of rotatable bonds is 6. The van der Waals surface area contributed by atoms with Crippen LogP contribution in [0, 0.1) is 0 Å². The zero-order chi connectivity index (χ0) is 15.9. The molecule has 2 rings (SSSR count). The fourth-order valence-corrected chi connectivity index (χ4v) is 2.99. The number of piperidine rings is 1. The molecule has 0 aliphatic carbocycles. The van der Waals surface area contributed by atoms with Gasteiger partial charge in [-0.05, 0) is 51.4 Å². The van der Waals surface area contributed by atoms with Gasteiger partial charge in [-0.2, -0.15) is 0 Å². The van der Waals surface area contributed by atoms with Gasteiger partial charge < -0.3 is 11.1 Å². The average molecular weight is 340 g/mol. The Balaban J connectivity index is 0.00000264. The summed E-state index contributed by atoms with van der Waals surface area (Å²) >= 11 is 0. The first-order valence-electron chi connectivity index (χ1n) is 7.95. The maximum atomic E-state index is 12.2. The van der Waals surface area contributed by atoms with E-state index in [1.807, 2.05) is 0 Å². The monoisotopic (exact) mass is 339 g/mol. The van der Waals surface area contributed by atoms with Crippen LogP contribution >= 0.6 is 12.4 Å². The van der Waals surface area contributed by atoms with Crippen LogP contribution < -0.4 is 11.1 Å². The van der Waals surface area contributed by atoms with E-state index < -0.39 is 0 Å². The molecule has 1 unspecified atom stereocenters. The molecule has 1 aromatic rings. The zero-order valence-corrected chi connectivity index (χ0v) is 14.4. The van der Waals surface area contributed by atoms with Crippen molar-refractivity contribution >= 4 is 29.8 Å². The van der Waals surface area contributed by atoms with Gasteiger partial charge in [-0.15, -0.1) is 12.4 Å². The van der Waals surface area contributed by atoms with Crippen LogP contribution in [0.2, 0.25) is 0 Å². The summed E-state index contributed by atoms with van der Waals surface area (Å²) in [6.07, 6.45) is 4.40. The van der Waals surface area contributed by atoms with Crippen molar-refractivity contribution in [3.05, 3.63) is 29.8 Å². The lowest BCUT2D eigenvalue weighted by atomic mass is 9.99. The highest BCUT2D eigenvalue weighted by Gasteiger charge is 2.23. The number of benzene rings is 1. The predicted octanol–water partition coefficient (Wildman–Crippen LogP) is 2.45. The van der Waals surface area contributed by atoms with Gasteiger partial charge in [0.1, 0.15) is 0 Å². The molecule has 128 valence electrons. The third kappa shape index (κ3) is 5.94. The average Bonchev–Trinajstić information content (AvgIpc) is 2.49. The molecule has 0 bridgehead atoms. The lowest BCUT2D eigenvalue weighted by molar-refractivity contribution is -0.118. The summed E-state index contributed by atoms with van der Waals surface area (Å²) in [4.78, 5) is 25.8. The summed E-state index contributed by atoms with van der Waals surface area (Å²) in [5.74, 6) is -0.0419. The second-order valence-corrected chi connectivity index (χ2v) is 5.88. The molecule has 0 radical (unpaired) electrons. The molecule has 1 amide bonds. The standard InChI is InChI=1S/C17H25N3O2.ClH/c1-13(21)14-5-4-6-15(11-14)19-17(22)12-20-10-3-2-7-16(20)8-9-18;/h4-6,11,16H,2-3,7-10,12,18H2,1H3,(H,19,22);1H. The van der Waals surface area contributed by atoms with E-state index in [0.717, 1.165) is 25.8 Å². The van der Waals surface area contributed by atoms with Crippen molar-refractivity contribution in [2.24, 2.45) is 5.73 Å². The highest BCUT2D eigenvalue weighted by atomic mass is 35.5. The van der Waals surface area contributed by atoms with Crippen molar-refractivity contribution in [2.75, 3.05) is 25.0 Å². The van der Waals surface area contributed by atoms with Crippen molar-refractivity contribution in [1.29, 1.82) is 0 Å². The third-order valence-electron chi connectivity index (χ3n) is 4.15. The molecule has 1 heterocycles. The van der Waals surface area contributed by atoms with Crippen LogP contribution in [0.1, 0.15) is 43.0 Å². The molecular weight excluding hydrogens is 314 g/mol. The fourth-order valence-electron chi connectivity index (χ4n) is 2.99. The van der Waals surface area contributed by atoms with Crippen LogP contribution in [0.25, 0.3) is 0 Å². The van der Waals surface area contributed by atoms with E-state index in [-0.39, 0.29) is 24.1 Å². The number of ketones is 1. The summed E-state index contributed by atoms with van der Waals surface area (Å²) in [6, 6.07) is 7.46. The van der Waals surface area contributed by atoms with Crippen molar-refractivity contribution in [1.82, 2.24) is 4.90 Å². The number of anilines is 1. The van der Waals surface area contributed by atoms with Gasteiger partial charge in [0.2, 0.25) is 5.91 Å². The van der Waals surface area contributed by atoms with Crippen LogP contribution in [-0.4, -0.2) is 42.3 Å². The van der Waals surface area contributed by atoms with Gasteiger partial charge in [-0.1, -0.05) is 18.6 Å². The van der Waals surface area contributed by atoms with Crippen LogP contribution in [0.4, 0.5) is 5.69 Å². The van der Waals surface area contributed by atoms with E-state index in [4.69, 9.17) is 5.73 Å². The second-order valence-electron chi connectivity index (χ2n) is 5.88. The highest BCUT2D eigenvalue weighted by molar-refractivity contribution is 5.97. The van der Waals surface area contributed by atoms with Gasteiger partial charge in [0.25, 0.3) is 0 Å². The van der Waals surface area contributed by atoms with Crippen LogP contribution in [-0.2, 0) is 4.79 Å². The van der Waals surface area contributed by atoms with Crippen LogP contribution in [0.3, 0.4) is 0 Å². The lowest BCUT2D eigenvalue weighted by Crippen LogP contribution is -2.44. The Kier molecular flexibility index (Phi) is 8.23. The number of halogens is 1. The molecule has 6 heteroatoms. The second kappa shape index (κ2) is 9.65. The summed E-state index contributed by atoms with van der Waals surface area (Å²) in [6.45, 7) is 3.51. The topological polar surface area (TPSA) is 75.4 Å². The first-order chi connectivity index (χ1) is 10.6. The van der Waals surface area contributed by atoms with Crippen molar-refractivity contribution in [2.45, 2.75) is 38.6 Å². The third-order valence-corrected chi connectivity index (χ3v) is 4.15. The van der Waals surface area contributed by atoms with Crippen molar-refractivity contribution in [3.63, 3.8) is 0 Å². The van der Waals surface area contributed by atoms with Crippen molar-refractivity contribution in [3.8, 4) is 0 Å². The molecule has 0 aromatic heterocycles. The van der Waals surface area contributed by atoms with E-state index in [2.05, 4.69) is 10.2 Å². The van der Waals surface area contributed by atoms with Crippen LogP contribution in [0.15, 0.2) is 24.3 Å². The number of hydrogen-bond donors (Lipinski definition) is 2.